The molecule has 0 aliphatic carbocycles. The van der Waals surface area contributed by atoms with Crippen molar-refractivity contribution in [1.82, 2.24) is 9.97 Å². The third-order valence-electron chi connectivity index (χ3n) is 3.67. The summed E-state index contributed by atoms with van der Waals surface area (Å²) in [5.74, 6) is 0.235. The van der Waals surface area contributed by atoms with Crippen LogP contribution in [0, 0.1) is 11.3 Å². The summed E-state index contributed by atoms with van der Waals surface area (Å²) < 4.78 is 5.95. The molecule has 0 radical (unpaired) electrons. The zero-order valence-corrected chi connectivity index (χ0v) is 16.1. The van der Waals surface area contributed by atoms with Crippen LogP contribution in [0.2, 0.25) is 0 Å². The molecular formula is C17H19BrN6O2. The SMILES string of the molecule is CCN(CCOC)c1ccc(Br)cc1N(C(N)=O)c1cnc(C#N)cn1. The lowest BCUT2D eigenvalue weighted by molar-refractivity contribution is 0.205. The van der Waals surface area contributed by atoms with Gasteiger partial charge in [-0.2, -0.15) is 5.26 Å². The number of nitriles is 1. The fourth-order valence-electron chi connectivity index (χ4n) is 2.44. The normalized spacial score (nSPS) is 10.2. The van der Waals surface area contributed by atoms with Crippen LogP contribution in [0.25, 0.3) is 0 Å². The molecule has 0 saturated heterocycles. The van der Waals surface area contributed by atoms with E-state index in [1.165, 1.54) is 17.3 Å². The highest BCUT2D eigenvalue weighted by molar-refractivity contribution is 9.10. The summed E-state index contributed by atoms with van der Waals surface area (Å²) in [6.45, 7) is 3.91. The smallest absolute Gasteiger partial charge is 0.325 e. The van der Waals surface area contributed by atoms with Gasteiger partial charge in [0, 0.05) is 24.7 Å². The molecule has 2 amide bonds. The van der Waals surface area contributed by atoms with E-state index >= 15 is 0 Å². The number of carbonyl (C=O) groups excluding carboxylic acids is 1. The number of rotatable bonds is 7. The summed E-state index contributed by atoms with van der Waals surface area (Å²) >= 11 is 3.43. The Morgan fingerprint density at radius 3 is 2.65 bits per heavy atom. The Morgan fingerprint density at radius 1 is 1.35 bits per heavy atom. The second kappa shape index (κ2) is 9.12. The van der Waals surface area contributed by atoms with Crippen LogP contribution in [0.5, 0.6) is 0 Å². The summed E-state index contributed by atoms with van der Waals surface area (Å²) in [5.41, 5.74) is 7.15. The van der Waals surface area contributed by atoms with Gasteiger partial charge in [0.2, 0.25) is 0 Å². The van der Waals surface area contributed by atoms with Crippen molar-refractivity contribution in [2.45, 2.75) is 6.92 Å². The van der Waals surface area contributed by atoms with E-state index in [1.54, 1.807) is 13.2 Å². The molecule has 2 rings (SSSR count). The molecule has 0 bridgehead atoms. The third kappa shape index (κ3) is 4.47. The fraction of sp³-hybridized carbons (Fsp3) is 0.294. The number of benzene rings is 1. The molecular weight excluding hydrogens is 400 g/mol. The molecule has 0 fully saturated rings. The number of hydrogen-bond acceptors (Lipinski definition) is 6. The first-order valence-corrected chi connectivity index (χ1v) is 8.66. The van der Waals surface area contributed by atoms with Crippen molar-refractivity contribution in [1.29, 1.82) is 5.26 Å². The molecule has 0 unspecified atom stereocenters. The Bertz CT molecular complexity index is 806. The van der Waals surface area contributed by atoms with Gasteiger partial charge < -0.3 is 15.4 Å². The van der Waals surface area contributed by atoms with E-state index < -0.39 is 6.03 Å². The number of urea groups is 1. The summed E-state index contributed by atoms with van der Waals surface area (Å²) in [7, 11) is 1.64. The van der Waals surface area contributed by atoms with E-state index in [1.807, 2.05) is 25.1 Å². The van der Waals surface area contributed by atoms with Crippen LogP contribution in [-0.4, -0.2) is 42.8 Å². The van der Waals surface area contributed by atoms with Crippen LogP contribution >= 0.6 is 15.9 Å². The molecule has 1 heterocycles. The molecule has 0 aliphatic heterocycles. The lowest BCUT2D eigenvalue weighted by Gasteiger charge is -2.29. The van der Waals surface area contributed by atoms with E-state index in [4.69, 9.17) is 15.7 Å². The number of hydrogen-bond donors (Lipinski definition) is 1. The summed E-state index contributed by atoms with van der Waals surface area (Å²) in [6, 6.07) is 6.76. The molecule has 1 aromatic heterocycles. The van der Waals surface area contributed by atoms with Crippen LogP contribution in [0.3, 0.4) is 0 Å². The van der Waals surface area contributed by atoms with Gasteiger partial charge in [0.05, 0.1) is 30.4 Å². The van der Waals surface area contributed by atoms with Crippen molar-refractivity contribution >= 4 is 39.2 Å². The Hall–Kier alpha value is -2.70. The molecule has 0 saturated carbocycles. The fourth-order valence-corrected chi connectivity index (χ4v) is 2.79. The second-order valence-corrected chi connectivity index (χ2v) is 6.17. The zero-order valence-electron chi connectivity index (χ0n) is 14.5. The van der Waals surface area contributed by atoms with Crippen molar-refractivity contribution in [2.75, 3.05) is 36.6 Å². The number of aromatic nitrogens is 2. The summed E-state index contributed by atoms with van der Waals surface area (Å²) in [4.78, 5) is 23.7. The second-order valence-electron chi connectivity index (χ2n) is 5.25. The van der Waals surface area contributed by atoms with E-state index in [-0.39, 0.29) is 11.5 Å². The number of ether oxygens (including phenoxy) is 1. The first-order chi connectivity index (χ1) is 12.5. The van der Waals surface area contributed by atoms with Gasteiger partial charge in [-0.05, 0) is 25.1 Å². The van der Waals surface area contributed by atoms with Gasteiger partial charge in [-0.1, -0.05) is 15.9 Å². The number of amides is 2. The van der Waals surface area contributed by atoms with Gasteiger partial charge in [-0.25, -0.2) is 19.7 Å². The molecule has 0 spiro atoms. The van der Waals surface area contributed by atoms with Gasteiger partial charge >= 0.3 is 6.03 Å². The minimum absolute atomic E-state index is 0.155. The minimum Gasteiger partial charge on any atom is -0.383 e. The Labute approximate surface area is 160 Å². The van der Waals surface area contributed by atoms with Gasteiger partial charge in [0.15, 0.2) is 11.5 Å². The molecule has 9 heteroatoms. The highest BCUT2D eigenvalue weighted by Gasteiger charge is 2.23. The molecule has 136 valence electrons. The highest BCUT2D eigenvalue weighted by atomic mass is 79.9. The minimum atomic E-state index is -0.703. The number of nitrogens with zero attached hydrogens (tertiary/aromatic N) is 5. The maximum absolute atomic E-state index is 12.2. The highest BCUT2D eigenvalue weighted by Crippen LogP contribution is 2.35. The van der Waals surface area contributed by atoms with Crippen LogP contribution in [0.1, 0.15) is 12.6 Å². The first-order valence-electron chi connectivity index (χ1n) is 7.87. The average molecular weight is 419 g/mol. The van der Waals surface area contributed by atoms with Crippen molar-refractivity contribution in [3.8, 4) is 6.07 Å². The predicted octanol–water partition coefficient (Wildman–Crippen LogP) is 2.80. The molecule has 26 heavy (non-hydrogen) atoms. The number of halogens is 1. The van der Waals surface area contributed by atoms with Crippen LogP contribution < -0.4 is 15.5 Å². The number of nitrogens with two attached hydrogens (primary N) is 1. The van der Waals surface area contributed by atoms with Crippen LogP contribution in [0.15, 0.2) is 35.1 Å². The Balaban J connectivity index is 2.55. The quantitative estimate of drug-likeness (QED) is 0.740. The number of anilines is 3. The average Bonchev–Trinajstić information content (AvgIpc) is 2.64. The topological polar surface area (TPSA) is 108 Å². The molecule has 0 atom stereocenters. The number of methoxy groups -OCH3 is 1. The molecule has 2 aromatic rings. The maximum Gasteiger partial charge on any atom is 0.325 e. The number of carbonyl (C=O) groups is 1. The lowest BCUT2D eigenvalue weighted by atomic mass is 10.2. The Kier molecular flexibility index (Phi) is 6.89. The first kappa shape index (κ1) is 19.6. The Morgan fingerprint density at radius 2 is 2.12 bits per heavy atom. The van der Waals surface area contributed by atoms with Crippen molar-refractivity contribution < 1.29 is 9.53 Å². The largest absolute Gasteiger partial charge is 0.383 e. The molecule has 2 N–H and O–H groups in total. The third-order valence-corrected chi connectivity index (χ3v) is 4.16. The molecule has 0 aliphatic rings. The van der Waals surface area contributed by atoms with Gasteiger partial charge in [0.25, 0.3) is 0 Å². The van der Waals surface area contributed by atoms with E-state index in [9.17, 15) is 4.79 Å². The number of likely N-dealkylation sites (N-methyl/N-ethyl adjacent to an activating group) is 1. The van der Waals surface area contributed by atoms with Crippen molar-refractivity contribution in [3.05, 3.63) is 40.8 Å². The maximum atomic E-state index is 12.2. The number of primary amides is 1. The summed E-state index contributed by atoms with van der Waals surface area (Å²) in [5, 5.41) is 8.88. The molecule has 8 nitrogen and oxygen atoms in total. The standard InChI is InChI=1S/C17H19BrN6O2/c1-3-23(6-7-26-2)14-5-4-12(18)8-15(14)24(17(20)25)16-11-21-13(9-19)10-22-16/h4-5,8,10-11H,3,6-7H2,1-2H3,(H2,20,25). The van der Waals surface area contributed by atoms with Gasteiger partial charge in [-0.3, -0.25) is 0 Å². The van der Waals surface area contributed by atoms with E-state index in [2.05, 4.69) is 30.8 Å². The van der Waals surface area contributed by atoms with E-state index in [0.717, 1.165) is 10.2 Å². The van der Waals surface area contributed by atoms with Gasteiger partial charge in [0.1, 0.15) is 6.07 Å². The van der Waals surface area contributed by atoms with Crippen molar-refractivity contribution in [2.24, 2.45) is 5.73 Å². The monoisotopic (exact) mass is 418 g/mol. The van der Waals surface area contributed by atoms with Crippen LogP contribution in [0.4, 0.5) is 22.0 Å². The zero-order chi connectivity index (χ0) is 19.1. The molecule has 1 aromatic carbocycles. The van der Waals surface area contributed by atoms with Crippen LogP contribution in [-0.2, 0) is 4.74 Å². The van der Waals surface area contributed by atoms with E-state index in [0.29, 0.717) is 25.4 Å². The predicted molar refractivity (Wildman–Crippen MR) is 102 cm³/mol. The van der Waals surface area contributed by atoms with Gasteiger partial charge in [-0.15, -0.1) is 0 Å². The van der Waals surface area contributed by atoms with Crippen molar-refractivity contribution in [3.63, 3.8) is 0 Å². The lowest BCUT2D eigenvalue weighted by Crippen LogP contribution is -2.35. The summed E-state index contributed by atoms with van der Waals surface area (Å²) in [6.07, 6.45) is 2.64.